The van der Waals surface area contributed by atoms with Crippen LogP contribution in [-0.4, -0.2) is 100 Å². The van der Waals surface area contributed by atoms with Crippen molar-refractivity contribution in [1.29, 1.82) is 0 Å². The molecule has 136 valence electrons. The lowest BCUT2D eigenvalue weighted by molar-refractivity contribution is 0.126. The Hall–Kier alpha value is -0.160. The molecule has 0 radical (unpaired) electrons. The van der Waals surface area contributed by atoms with Gasteiger partial charge >= 0.3 is 0 Å². The number of rotatable bonds is 8. The molecule has 0 amide bonds. The Morgan fingerprint density at radius 1 is 0.591 bits per heavy atom. The van der Waals surface area contributed by atoms with Gasteiger partial charge in [-0.3, -0.25) is 0 Å². The summed E-state index contributed by atoms with van der Waals surface area (Å²) < 4.78 is 0. The van der Waals surface area contributed by atoms with E-state index in [1.807, 2.05) is 27.7 Å². The van der Waals surface area contributed by atoms with Crippen LogP contribution in [0.2, 0.25) is 0 Å². The minimum atomic E-state index is 1.21. The highest BCUT2D eigenvalue weighted by Crippen LogP contribution is 2.03. The van der Waals surface area contributed by atoms with E-state index in [0.717, 1.165) is 0 Å². The zero-order valence-corrected chi connectivity index (χ0v) is 16.9. The van der Waals surface area contributed by atoms with Crippen molar-refractivity contribution in [3.05, 3.63) is 0 Å². The average Bonchev–Trinajstić information content (AvgIpc) is 2.52. The predicted molar refractivity (Wildman–Crippen MR) is 102 cm³/mol. The van der Waals surface area contributed by atoms with Gasteiger partial charge in [0, 0.05) is 26.2 Å². The van der Waals surface area contributed by atoms with Crippen molar-refractivity contribution >= 4 is 0 Å². The maximum absolute atomic E-state index is 2.62. The van der Waals surface area contributed by atoms with Crippen LogP contribution in [0.15, 0.2) is 0 Å². The van der Waals surface area contributed by atoms with Crippen molar-refractivity contribution < 1.29 is 0 Å². The maximum atomic E-state index is 2.62. The summed E-state index contributed by atoms with van der Waals surface area (Å²) in [7, 11) is 8.62. The van der Waals surface area contributed by atoms with Gasteiger partial charge in [0.15, 0.2) is 0 Å². The highest BCUT2D eigenvalue weighted by atomic mass is 15.3. The molecular formula is C18H44N4. The SMILES string of the molecule is CC.CC.CN(C)CCCN1CCN(CCCN(C)C)CC1. The first-order chi connectivity index (χ1) is 10.6. The van der Waals surface area contributed by atoms with Gasteiger partial charge in [0.05, 0.1) is 0 Å². The molecule has 0 aliphatic carbocycles. The van der Waals surface area contributed by atoms with E-state index in [9.17, 15) is 0 Å². The molecule has 0 aromatic rings. The molecule has 0 aromatic heterocycles. The Labute approximate surface area is 141 Å². The standard InChI is InChI=1S/C14H32N4.2C2H6/c1-15(2)7-5-9-17-11-13-18(14-12-17)10-6-8-16(3)4;2*1-2/h5-14H2,1-4H3;2*1-2H3. The summed E-state index contributed by atoms with van der Waals surface area (Å²) in [6.45, 7) is 18.0. The quantitative estimate of drug-likeness (QED) is 0.682. The predicted octanol–water partition coefficient (Wildman–Crippen LogP) is 2.56. The fourth-order valence-electron chi connectivity index (χ4n) is 2.46. The number of nitrogens with zero attached hydrogens (tertiary/aromatic N) is 4. The van der Waals surface area contributed by atoms with Crippen molar-refractivity contribution in [1.82, 2.24) is 19.6 Å². The Balaban J connectivity index is 0. The van der Waals surface area contributed by atoms with E-state index >= 15 is 0 Å². The number of piperazine rings is 1. The summed E-state index contributed by atoms with van der Waals surface area (Å²) in [5.74, 6) is 0. The Bertz CT molecular complexity index is 177. The zero-order chi connectivity index (χ0) is 17.4. The summed E-state index contributed by atoms with van der Waals surface area (Å²) in [6.07, 6.45) is 2.60. The van der Waals surface area contributed by atoms with Crippen LogP contribution in [0.3, 0.4) is 0 Å². The Morgan fingerprint density at radius 2 is 0.864 bits per heavy atom. The lowest BCUT2D eigenvalue weighted by Gasteiger charge is -2.35. The molecule has 4 nitrogen and oxygen atoms in total. The third-order valence-electron chi connectivity index (χ3n) is 3.62. The lowest BCUT2D eigenvalue weighted by atomic mass is 10.2. The van der Waals surface area contributed by atoms with Crippen LogP contribution in [0.25, 0.3) is 0 Å². The molecule has 4 heteroatoms. The third-order valence-corrected chi connectivity index (χ3v) is 3.62. The third kappa shape index (κ3) is 14.8. The van der Waals surface area contributed by atoms with Crippen molar-refractivity contribution in [2.24, 2.45) is 0 Å². The second kappa shape index (κ2) is 17.2. The summed E-state index contributed by atoms with van der Waals surface area (Å²) in [5, 5.41) is 0. The van der Waals surface area contributed by atoms with Crippen molar-refractivity contribution in [3.8, 4) is 0 Å². The summed E-state index contributed by atoms with van der Waals surface area (Å²) in [5.41, 5.74) is 0. The molecule has 1 fully saturated rings. The van der Waals surface area contributed by atoms with Crippen molar-refractivity contribution in [2.75, 3.05) is 80.5 Å². The van der Waals surface area contributed by atoms with Crippen LogP contribution in [0.5, 0.6) is 0 Å². The van der Waals surface area contributed by atoms with E-state index in [2.05, 4.69) is 47.8 Å². The van der Waals surface area contributed by atoms with E-state index in [1.54, 1.807) is 0 Å². The molecule has 1 aliphatic rings. The fourth-order valence-corrected chi connectivity index (χ4v) is 2.46. The van der Waals surface area contributed by atoms with Gasteiger partial charge in [-0.05, 0) is 67.2 Å². The zero-order valence-electron chi connectivity index (χ0n) is 16.9. The highest BCUT2D eigenvalue weighted by molar-refractivity contribution is 4.72. The normalized spacial score (nSPS) is 16.1. The van der Waals surface area contributed by atoms with Gasteiger partial charge in [-0.2, -0.15) is 0 Å². The summed E-state index contributed by atoms with van der Waals surface area (Å²) in [6, 6.07) is 0. The van der Waals surface area contributed by atoms with Gasteiger partial charge in [-0.15, -0.1) is 0 Å². The average molecular weight is 317 g/mol. The molecule has 1 aliphatic heterocycles. The molecule has 1 rings (SSSR count). The molecule has 1 heterocycles. The second-order valence-electron chi connectivity index (χ2n) is 6.00. The maximum Gasteiger partial charge on any atom is 0.0110 e. The van der Waals surface area contributed by atoms with Crippen LogP contribution in [0.1, 0.15) is 40.5 Å². The Morgan fingerprint density at radius 3 is 1.09 bits per heavy atom. The van der Waals surface area contributed by atoms with E-state index in [1.165, 1.54) is 65.2 Å². The second-order valence-corrected chi connectivity index (χ2v) is 6.00. The van der Waals surface area contributed by atoms with Crippen LogP contribution >= 0.6 is 0 Å². The van der Waals surface area contributed by atoms with Gasteiger partial charge in [-0.1, -0.05) is 27.7 Å². The van der Waals surface area contributed by atoms with Crippen LogP contribution in [0.4, 0.5) is 0 Å². The van der Waals surface area contributed by atoms with Gasteiger partial charge < -0.3 is 19.6 Å². The first-order valence-electron chi connectivity index (χ1n) is 9.32. The van der Waals surface area contributed by atoms with E-state index in [0.29, 0.717) is 0 Å². The molecule has 0 saturated carbocycles. The van der Waals surface area contributed by atoms with Crippen LogP contribution < -0.4 is 0 Å². The molecule has 0 atom stereocenters. The van der Waals surface area contributed by atoms with Gasteiger partial charge in [0.25, 0.3) is 0 Å². The smallest absolute Gasteiger partial charge is 0.0110 e. The summed E-state index contributed by atoms with van der Waals surface area (Å²) in [4.78, 5) is 9.78. The van der Waals surface area contributed by atoms with Crippen LogP contribution in [-0.2, 0) is 0 Å². The molecule has 22 heavy (non-hydrogen) atoms. The molecule has 0 bridgehead atoms. The van der Waals surface area contributed by atoms with Gasteiger partial charge in [0.2, 0.25) is 0 Å². The topological polar surface area (TPSA) is 13.0 Å². The minimum absolute atomic E-state index is 1.21. The molecule has 1 saturated heterocycles. The monoisotopic (exact) mass is 316 g/mol. The first kappa shape index (κ1) is 24.1. The van der Waals surface area contributed by atoms with E-state index in [4.69, 9.17) is 0 Å². The van der Waals surface area contributed by atoms with Crippen molar-refractivity contribution in [2.45, 2.75) is 40.5 Å². The van der Waals surface area contributed by atoms with E-state index < -0.39 is 0 Å². The van der Waals surface area contributed by atoms with E-state index in [-0.39, 0.29) is 0 Å². The van der Waals surface area contributed by atoms with Crippen molar-refractivity contribution in [3.63, 3.8) is 0 Å². The molecule has 0 unspecified atom stereocenters. The number of hydrogen-bond donors (Lipinski definition) is 0. The number of hydrogen-bond acceptors (Lipinski definition) is 4. The molecule has 0 N–H and O–H groups in total. The summed E-state index contributed by atoms with van der Waals surface area (Å²) >= 11 is 0. The lowest BCUT2D eigenvalue weighted by Crippen LogP contribution is -2.47. The molecule has 0 aromatic carbocycles. The van der Waals surface area contributed by atoms with Gasteiger partial charge in [0.1, 0.15) is 0 Å². The Kier molecular flexibility index (Phi) is 18.8. The largest absolute Gasteiger partial charge is 0.309 e. The minimum Gasteiger partial charge on any atom is -0.309 e. The molecule has 0 spiro atoms. The highest BCUT2D eigenvalue weighted by Gasteiger charge is 2.15. The van der Waals surface area contributed by atoms with Gasteiger partial charge in [-0.25, -0.2) is 0 Å². The fraction of sp³-hybridized carbons (Fsp3) is 1.00. The molecular weight excluding hydrogens is 272 g/mol. The van der Waals surface area contributed by atoms with Crippen LogP contribution in [0, 0.1) is 0 Å². The first-order valence-corrected chi connectivity index (χ1v) is 9.32.